The molecule has 0 saturated heterocycles. The number of ether oxygens (including phenoxy) is 1. The molecule has 1 unspecified atom stereocenters. The van der Waals surface area contributed by atoms with Crippen molar-refractivity contribution in [2.75, 3.05) is 25.6 Å². The largest absolute Gasteiger partial charge is 0.495 e. The van der Waals surface area contributed by atoms with Gasteiger partial charge < -0.3 is 15.4 Å². The number of para-hydroxylation sites is 2. The van der Waals surface area contributed by atoms with E-state index in [1.165, 1.54) is 0 Å². The Balaban J connectivity index is 2.36. The van der Waals surface area contributed by atoms with Gasteiger partial charge >= 0.3 is 0 Å². The Kier molecular flexibility index (Phi) is 4.88. The molecule has 0 aliphatic rings. The van der Waals surface area contributed by atoms with E-state index in [-0.39, 0.29) is 6.04 Å². The van der Waals surface area contributed by atoms with E-state index in [2.05, 4.69) is 4.90 Å². The van der Waals surface area contributed by atoms with Crippen molar-refractivity contribution < 1.29 is 4.74 Å². The topological polar surface area (TPSA) is 38.5 Å². The highest BCUT2D eigenvalue weighted by Gasteiger charge is 2.18. The van der Waals surface area contributed by atoms with Crippen molar-refractivity contribution in [1.82, 2.24) is 0 Å². The van der Waals surface area contributed by atoms with Crippen molar-refractivity contribution in [2.45, 2.75) is 6.04 Å². The molecule has 0 amide bonds. The van der Waals surface area contributed by atoms with Gasteiger partial charge in [-0.2, -0.15) is 0 Å². The average Bonchev–Trinajstić information content (AvgIpc) is 2.48. The zero-order valence-electron chi connectivity index (χ0n) is 11.7. The molecule has 2 aromatic carbocycles. The number of rotatable bonds is 5. The summed E-state index contributed by atoms with van der Waals surface area (Å²) >= 11 is 6.07. The van der Waals surface area contributed by atoms with Gasteiger partial charge in [-0.25, -0.2) is 0 Å². The van der Waals surface area contributed by atoms with Crippen LogP contribution in [-0.4, -0.2) is 20.7 Å². The molecule has 2 aromatic rings. The molecule has 0 aliphatic heterocycles. The van der Waals surface area contributed by atoms with Crippen molar-refractivity contribution >= 4 is 17.3 Å². The van der Waals surface area contributed by atoms with Gasteiger partial charge in [-0.15, -0.1) is 0 Å². The molecule has 0 radical (unpaired) electrons. The summed E-state index contributed by atoms with van der Waals surface area (Å²) in [5, 5.41) is 0.717. The van der Waals surface area contributed by atoms with Crippen LogP contribution in [-0.2, 0) is 0 Å². The predicted octanol–water partition coefficient (Wildman–Crippen LogP) is 3.48. The number of halogens is 1. The first-order valence-corrected chi connectivity index (χ1v) is 6.86. The summed E-state index contributed by atoms with van der Waals surface area (Å²) in [6.07, 6.45) is 0. The van der Waals surface area contributed by atoms with Crippen molar-refractivity contribution in [2.24, 2.45) is 5.73 Å². The van der Waals surface area contributed by atoms with E-state index >= 15 is 0 Å². The van der Waals surface area contributed by atoms with Crippen LogP contribution < -0.4 is 15.4 Å². The quantitative estimate of drug-likeness (QED) is 0.916. The van der Waals surface area contributed by atoms with E-state index in [0.717, 1.165) is 22.0 Å². The number of methoxy groups -OCH3 is 1. The zero-order valence-corrected chi connectivity index (χ0v) is 12.5. The SMILES string of the molecule is COc1ccccc1N(C)C(CN)c1cccc(Cl)c1. The molecule has 0 heterocycles. The van der Waals surface area contributed by atoms with E-state index in [0.29, 0.717) is 6.54 Å². The minimum Gasteiger partial charge on any atom is -0.495 e. The maximum atomic E-state index is 6.07. The Bertz CT molecular complexity index is 574. The van der Waals surface area contributed by atoms with Crippen LogP contribution in [0.5, 0.6) is 5.75 Å². The minimum absolute atomic E-state index is 0.0463. The first kappa shape index (κ1) is 14.7. The molecule has 4 heteroatoms. The lowest BCUT2D eigenvalue weighted by molar-refractivity contribution is 0.413. The predicted molar refractivity (Wildman–Crippen MR) is 84.6 cm³/mol. The number of hydrogen-bond donors (Lipinski definition) is 1. The van der Waals surface area contributed by atoms with Crippen LogP contribution in [0.2, 0.25) is 5.02 Å². The maximum absolute atomic E-state index is 6.07. The summed E-state index contributed by atoms with van der Waals surface area (Å²) < 4.78 is 5.41. The van der Waals surface area contributed by atoms with Gasteiger partial charge in [-0.05, 0) is 29.8 Å². The second-order valence-corrected chi connectivity index (χ2v) is 5.03. The molecule has 20 heavy (non-hydrogen) atoms. The minimum atomic E-state index is 0.0463. The van der Waals surface area contributed by atoms with Crippen molar-refractivity contribution in [3.05, 3.63) is 59.1 Å². The number of nitrogens with two attached hydrogens (primary N) is 1. The number of benzene rings is 2. The molecule has 1 atom stereocenters. The summed E-state index contributed by atoms with van der Waals surface area (Å²) in [5.74, 6) is 0.829. The molecule has 0 fully saturated rings. The third kappa shape index (κ3) is 3.06. The molecule has 0 saturated carbocycles. The van der Waals surface area contributed by atoms with Crippen LogP contribution >= 0.6 is 11.6 Å². The lowest BCUT2D eigenvalue weighted by Gasteiger charge is -2.30. The molecule has 3 nitrogen and oxygen atoms in total. The number of nitrogens with zero attached hydrogens (tertiary/aromatic N) is 1. The van der Waals surface area contributed by atoms with Gasteiger partial charge in [-0.3, -0.25) is 0 Å². The fraction of sp³-hybridized carbons (Fsp3) is 0.250. The van der Waals surface area contributed by atoms with Crippen LogP contribution in [0.15, 0.2) is 48.5 Å². The van der Waals surface area contributed by atoms with E-state index in [9.17, 15) is 0 Å². The highest BCUT2D eigenvalue weighted by Crippen LogP contribution is 2.33. The highest BCUT2D eigenvalue weighted by atomic mass is 35.5. The third-order valence-electron chi connectivity index (χ3n) is 3.39. The molecule has 0 aliphatic carbocycles. The van der Waals surface area contributed by atoms with E-state index in [1.807, 2.05) is 55.6 Å². The summed E-state index contributed by atoms with van der Waals surface area (Å²) in [5.41, 5.74) is 8.06. The Morgan fingerprint density at radius 3 is 2.60 bits per heavy atom. The summed E-state index contributed by atoms with van der Waals surface area (Å²) in [4.78, 5) is 2.12. The summed E-state index contributed by atoms with van der Waals surface area (Å²) in [6, 6.07) is 15.7. The van der Waals surface area contributed by atoms with Gasteiger partial charge in [0.1, 0.15) is 5.75 Å². The summed E-state index contributed by atoms with van der Waals surface area (Å²) in [6.45, 7) is 0.495. The standard InChI is InChI=1S/C16H19ClN2O/c1-19(14-8-3-4-9-16(14)20-2)15(11-18)12-6-5-7-13(17)10-12/h3-10,15H,11,18H2,1-2H3. The fourth-order valence-corrected chi connectivity index (χ4v) is 2.52. The van der Waals surface area contributed by atoms with Gasteiger partial charge in [0.2, 0.25) is 0 Å². The van der Waals surface area contributed by atoms with Gasteiger partial charge in [0.05, 0.1) is 18.8 Å². The second kappa shape index (κ2) is 6.64. The highest BCUT2D eigenvalue weighted by molar-refractivity contribution is 6.30. The lowest BCUT2D eigenvalue weighted by Crippen LogP contribution is -2.30. The van der Waals surface area contributed by atoms with Crippen molar-refractivity contribution in [1.29, 1.82) is 0 Å². The monoisotopic (exact) mass is 290 g/mol. The third-order valence-corrected chi connectivity index (χ3v) is 3.62. The summed E-state index contributed by atoms with van der Waals surface area (Å²) in [7, 11) is 3.68. The van der Waals surface area contributed by atoms with Crippen molar-refractivity contribution in [3.63, 3.8) is 0 Å². The van der Waals surface area contributed by atoms with Gasteiger partial charge in [-0.1, -0.05) is 35.9 Å². The lowest BCUT2D eigenvalue weighted by atomic mass is 10.0. The second-order valence-electron chi connectivity index (χ2n) is 4.59. The van der Waals surface area contributed by atoms with Crippen LogP contribution in [0.3, 0.4) is 0 Å². The molecular weight excluding hydrogens is 272 g/mol. The molecule has 0 spiro atoms. The fourth-order valence-electron chi connectivity index (χ4n) is 2.32. The molecule has 0 bridgehead atoms. The Morgan fingerprint density at radius 2 is 1.95 bits per heavy atom. The smallest absolute Gasteiger partial charge is 0.142 e. The van der Waals surface area contributed by atoms with Crippen LogP contribution in [0.4, 0.5) is 5.69 Å². The maximum Gasteiger partial charge on any atom is 0.142 e. The molecule has 2 N–H and O–H groups in total. The van der Waals surface area contributed by atoms with E-state index < -0.39 is 0 Å². The van der Waals surface area contributed by atoms with Crippen LogP contribution in [0.1, 0.15) is 11.6 Å². The number of anilines is 1. The molecule has 0 aromatic heterocycles. The Labute approximate surface area is 124 Å². The van der Waals surface area contributed by atoms with E-state index in [1.54, 1.807) is 7.11 Å². The average molecular weight is 291 g/mol. The van der Waals surface area contributed by atoms with Gasteiger partial charge in [0, 0.05) is 18.6 Å². The van der Waals surface area contributed by atoms with Crippen LogP contribution in [0.25, 0.3) is 0 Å². The molecule has 106 valence electrons. The Morgan fingerprint density at radius 1 is 1.20 bits per heavy atom. The van der Waals surface area contributed by atoms with Crippen molar-refractivity contribution in [3.8, 4) is 5.75 Å². The zero-order chi connectivity index (χ0) is 14.5. The number of likely N-dealkylation sites (N-methyl/N-ethyl adjacent to an activating group) is 1. The number of hydrogen-bond acceptors (Lipinski definition) is 3. The first-order valence-electron chi connectivity index (χ1n) is 6.48. The van der Waals surface area contributed by atoms with Gasteiger partial charge in [0.15, 0.2) is 0 Å². The van der Waals surface area contributed by atoms with Gasteiger partial charge in [0.25, 0.3) is 0 Å². The normalized spacial score (nSPS) is 12.0. The molecular formula is C16H19ClN2O. The van der Waals surface area contributed by atoms with E-state index in [4.69, 9.17) is 22.1 Å². The Hall–Kier alpha value is -1.71. The molecule has 2 rings (SSSR count). The first-order chi connectivity index (χ1) is 9.67. The van der Waals surface area contributed by atoms with Crippen LogP contribution in [0, 0.1) is 0 Å².